The predicted octanol–water partition coefficient (Wildman–Crippen LogP) is 2.05. The number of benzene rings is 1. The average molecular weight is 217 g/mol. The third-order valence-electron chi connectivity index (χ3n) is 2.74. The van der Waals surface area contributed by atoms with Gasteiger partial charge in [0.1, 0.15) is 0 Å². The maximum atomic E-state index is 8.54. The van der Waals surface area contributed by atoms with Gasteiger partial charge < -0.3 is 10.6 Å². The third-order valence-corrected chi connectivity index (χ3v) is 2.74. The topological polar surface area (TPSA) is 53.0 Å². The van der Waals surface area contributed by atoms with E-state index in [4.69, 9.17) is 11.0 Å². The number of rotatable bonds is 6. The molecule has 0 aliphatic rings. The molecule has 0 aromatic heterocycles. The zero-order valence-corrected chi connectivity index (χ0v) is 9.82. The highest BCUT2D eigenvalue weighted by Crippen LogP contribution is 2.11. The molecule has 0 radical (unpaired) electrons. The Morgan fingerprint density at radius 2 is 2.06 bits per heavy atom. The molecule has 3 heteroatoms. The van der Waals surface area contributed by atoms with E-state index in [1.807, 2.05) is 18.2 Å². The van der Waals surface area contributed by atoms with Crippen molar-refractivity contribution in [2.75, 3.05) is 25.4 Å². The summed E-state index contributed by atoms with van der Waals surface area (Å²) in [7, 11) is 0. The van der Waals surface area contributed by atoms with Crippen molar-refractivity contribution >= 4 is 5.69 Å². The SMILES string of the molecule is CCN(CCC#N)CCc1ccccc1N. The van der Waals surface area contributed by atoms with Crippen molar-refractivity contribution in [3.63, 3.8) is 0 Å². The summed E-state index contributed by atoms with van der Waals surface area (Å²) in [4.78, 5) is 2.27. The van der Waals surface area contributed by atoms with Gasteiger partial charge in [-0.2, -0.15) is 5.26 Å². The maximum Gasteiger partial charge on any atom is 0.0635 e. The Morgan fingerprint density at radius 3 is 2.69 bits per heavy atom. The molecule has 1 aromatic carbocycles. The second-order valence-electron chi connectivity index (χ2n) is 3.79. The molecule has 1 rings (SSSR count). The lowest BCUT2D eigenvalue weighted by atomic mass is 10.1. The Kier molecular flexibility index (Phi) is 5.38. The standard InChI is InChI=1S/C13H19N3/c1-2-16(10-5-9-14)11-8-12-6-3-4-7-13(12)15/h3-4,6-7H,2,5,8,10-11,15H2,1H3. The van der Waals surface area contributed by atoms with E-state index in [0.29, 0.717) is 6.42 Å². The van der Waals surface area contributed by atoms with Gasteiger partial charge in [0.2, 0.25) is 0 Å². The van der Waals surface area contributed by atoms with Crippen molar-refractivity contribution in [1.29, 1.82) is 5.26 Å². The summed E-state index contributed by atoms with van der Waals surface area (Å²) in [6.45, 7) is 4.91. The summed E-state index contributed by atoms with van der Waals surface area (Å²) in [6.07, 6.45) is 1.55. The molecule has 0 spiro atoms. The molecule has 0 saturated heterocycles. The molecular formula is C13H19N3. The van der Waals surface area contributed by atoms with Crippen molar-refractivity contribution in [1.82, 2.24) is 4.90 Å². The van der Waals surface area contributed by atoms with Gasteiger partial charge in [-0.25, -0.2) is 0 Å². The predicted molar refractivity (Wildman–Crippen MR) is 66.9 cm³/mol. The molecule has 2 N–H and O–H groups in total. The molecule has 0 heterocycles. The number of hydrogen-bond donors (Lipinski definition) is 1. The van der Waals surface area contributed by atoms with Crippen molar-refractivity contribution in [3.05, 3.63) is 29.8 Å². The molecule has 0 unspecified atom stereocenters. The van der Waals surface area contributed by atoms with Gasteiger partial charge in [-0.05, 0) is 24.6 Å². The van der Waals surface area contributed by atoms with Crippen LogP contribution in [0.25, 0.3) is 0 Å². The molecule has 0 aliphatic heterocycles. The van der Waals surface area contributed by atoms with Crippen LogP contribution in [0.2, 0.25) is 0 Å². The molecule has 0 bridgehead atoms. The van der Waals surface area contributed by atoms with Crippen molar-refractivity contribution < 1.29 is 0 Å². The normalized spacial score (nSPS) is 10.3. The summed E-state index contributed by atoms with van der Waals surface area (Å²) in [6, 6.07) is 10.1. The maximum absolute atomic E-state index is 8.54. The van der Waals surface area contributed by atoms with Gasteiger partial charge in [-0.15, -0.1) is 0 Å². The molecule has 0 fully saturated rings. The smallest absolute Gasteiger partial charge is 0.0635 e. The summed E-state index contributed by atoms with van der Waals surface area (Å²) in [5.41, 5.74) is 7.93. The molecule has 0 aliphatic carbocycles. The molecular weight excluding hydrogens is 198 g/mol. The molecule has 0 saturated carbocycles. The van der Waals surface area contributed by atoms with Gasteiger partial charge in [0.05, 0.1) is 6.07 Å². The first-order chi connectivity index (χ1) is 7.77. The molecule has 1 aromatic rings. The zero-order valence-electron chi connectivity index (χ0n) is 9.82. The second kappa shape index (κ2) is 6.86. The van der Waals surface area contributed by atoms with Gasteiger partial charge >= 0.3 is 0 Å². The highest BCUT2D eigenvalue weighted by Gasteiger charge is 2.03. The number of hydrogen-bond acceptors (Lipinski definition) is 3. The molecule has 0 atom stereocenters. The van der Waals surface area contributed by atoms with Gasteiger partial charge in [0, 0.05) is 25.2 Å². The lowest BCUT2D eigenvalue weighted by Crippen LogP contribution is -2.26. The van der Waals surface area contributed by atoms with Crippen molar-refractivity contribution in [3.8, 4) is 6.07 Å². The van der Waals surface area contributed by atoms with Crippen LogP contribution in [-0.4, -0.2) is 24.5 Å². The number of nitrogens with two attached hydrogens (primary N) is 1. The molecule has 16 heavy (non-hydrogen) atoms. The van der Waals surface area contributed by atoms with Crippen LogP contribution in [0.5, 0.6) is 0 Å². The van der Waals surface area contributed by atoms with E-state index in [1.54, 1.807) is 0 Å². The minimum absolute atomic E-state index is 0.595. The van der Waals surface area contributed by atoms with Gasteiger partial charge in [0.15, 0.2) is 0 Å². The summed E-state index contributed by atoms with van der Waals surface area (Å²) >= 11 is 0. The fraction of sp³-hybridized carbons (Fsp3) is 0.462. The van der Waals surface area contributed by atoms with Crippen LogP contribution in [0.4, 0.5) is 5.69 Å². The van der Waals surface area contributed by atoms with Crippen molar-refractivity contribution in [2.45, 2.75) is 19.8 Å². The largest absolute Gasteiger partial charge is 0.399 e. The van der Waals surface area contributed by atoms with Crippen LogP contribution in [0.15, 0.2) is 24.3 Å². The van der Waals surface area contributed by atoms with Gasteiger partial charge in [-0.3, -0.25) is 0 Å². The first kappa shape index (κ1) is 12.5. The number of para-hydroxylation sites is 1. The van der Waals surface area contributed by atoms with Crippen LogP contribution >= 0.6 is 0 Å². The van der Waals surface area contributed by atoms with E-state index in [2.05, 4.69) is 24.0 Å². The lowest BCUT2D eigenvalue weighted by Gasteiger charge is -2.19. The highest BCUT2D eigenvalue weighted by atomic mass is 15.1. The van der Waals surface area contributed by atoms with Crippen LogP contribution in [0.3, 0.4) is 0 Å². The van der Waals surface area contributed by atoms with E-state index in [1.165, 1.54) is 5.56 Å². The minimum Gasteiger partial charge on any atom is -0.399 e. The fourth-order valence-electron chi connectivity index (χ4n) is 1.68. The third kappa shape index (κ3) is 3.92. The van der Waals surface area contributed by atoms with Crippen LogP contribution in [0.1, 0.15) is 18.9 Å². The summed E-state index contributed by atoms with van der Waals surface area (Å²) in [5.74, 6) is 0. The van der Waals surface area contributed by atoms with E-state index in [0.717, 1.165) is 31.7 Å². The Hall–Kier alpha value is -1.53. The Labute approximate surface area is 97.5 Å². The van der Waals surface area contributed by atoms with Crippen LogP contribution < -0.4 is 5.73 Å². The summed E-state index contributed by atoms with van der Waals surface area (Å²) in [5, 5.41) is 8.54. The lowest BCUT2D eigenvalue weighted by molar-refractivity contribution is 0.299. The van der Waals surface area contributed by atoms with E-state index < -0.39 is 0 Å². The van der Waals surface area contributed by atoms with Gasteiger partial charge in [-0.1, -0.05) is 25.1 Å². The Bertz CT molecular complexity index is 354. The first-order valence-corrected chi connectivity index (χ1v) is 5.70. The Morgan fingerprint density at radius 1 is 1.31 bits per heavy atom. The average Bonchev–Trinajstić information content (AvgIpc) is 2.31. The van der Waals surface area contributed by atoms with Crippen molar-refractivity contribution in [2.24, 2.45) is 0 Å². The highest BCUT2D eigenvalue weighted by molar-refractivity contribution is 5.46. The minimum atomic E-state index is 0.595. The number of likely N-dealkylation sites (N-methyl/N-ethyl adjacent to an activating group) is 1. The fourth-order valence-corrected chi connectivity index (χ4v) is 1.68. The zero-order chi connectivity index (χ0) is 11.8. The van der Waals surface area contributed by atoms with Crippen LogP contribution in [-0.2, 0) is 6.42 Å². The number of nitrogens with zero attached hydrogens (tertiary/aromatic N) is 2. The monoisotopic (exact) mass is 217 g/mol. The summed E-state index contributed by atoms with van der Waals surface area (Å²) < 4.78 is 0. The number of anilines is 1. The van der Waals surface area contributed by atoms with Gasteiger partial charge in [0.25, 0.3) is 0 Å². The molecule has 0 amide bonds. The van der Waals surface area contributed by atoms with Crippen LogP contribution in [0, 0.1) is 11.3 Å². The second-order valence-corrected chi connectivity index (χ2v) is 3.79. The molecule has 3 nitrogen and oxygen atoms in total. The number of nitriles is 1. The number of nitrogen functional groups attached to an aromatic ring is 1. The molecule has 86 valence electrons. The Balaban J connectivity index is 2.44. The van der Waals surface area contributed by atoms with E-state index in [9.17, 15) is 0 Å². The van der Waals surface area contributed by atoms with E-state index in [-0.39, 0.29) is 0 Å². The van der Waals surface area contributed by atoms with E-state index >= 15 is 0 Å². The first-order valence-electron chi connectivity index (χ1n) is 5.70. The quantitative estimate of drug-likeness (QED) is 0.742.